The van der Waals surface area contributed by atoms with Crippen LogP contribution in [-0.4, -0.2) is 18.0 Å². The minimum absolute atomic E-state index is 0.547. The van der Waals surface area contributed by atoms with Gasteiger partial charge in [0.1, 0.15) is 0 Å². The van der Waals surface area contributed by atoms with Crippen LogP contribution in [0, 0.1) is 11.3 Å². The summed E-state index contributed by atoms with van der Waals surface area (Å²) in [4.78, 5) is 2.63. The van der Waals surface area contributed by atoms with Gasteiger partial charge in [0.2, 0.25) is 0 Å². The molecule has 1 unspecified atom stereocenters. The van der Waals surface area contributed by atoms with E-state index < -0.39 is 0 Å². The van der Waals surface area contributed by atoms with E-state index in [0.29, 0.717) is 5.41 Å². The summed E-state index contributed by atoms with van der Waals surface area (Å²) in [6, 6.07) is 10.9. The van der Waals surface area contributed by atoms with Gasteiger partial charge in [-0.1, -0.05) is 63.9 Å². The van der Waals surface area contributed by atoms with Crippen molar-refractivity contribution >= 4 is 0 Å². The average molecular weight is 245 g/mol. The predicted molar refractivity (Wildman–Crippen MR) is 78.5 cm³/mol. The molecule has 1 aliphatic heterocycles. The molecule has 1 nitrogen and oxygen atoms in total. The Kier molecular flexibility index (Phi) is 4.45. The Bertz CT molecular complexity index is 353. The quantitative estimate of drug-likeness (QED) is 0.746. The third kappa shape index (κ3) is 2.95. The van der Waals surface area contributed by atoms with Crippen LogP contribution < -0.4 is 0 Å². The van der Waals surface area contributed by atoms with Crippen LogP contribution in [0.2, 0.25) is 0 Å². The van der Waals surface area contributed by atoms with Gasteiger partial charge in [0.15, 0.2) is 0 Å². The van der Waals surface area contributed by atoms with Crippen molar-refractivity contribution < 1.29 is 0 Å². The second-order valence-electron chi connectivity index (χ2n) is 6.07. The Labute approximate surface area is 112 Å². The smallest absolute Gasteiger partial charge is 0.0233 e. The van der Waals surface area contributed by atoms with Gasteiger partial charge >= 0.3 is 0 Å². The Morgan fingerprint density at radius 1 is 1.17 bits per heavy atom. The maximum Gasteiger partial charge on any atom is 0.0233 e. The van der Waals surface area contributed by atoms with E-state index in [1.54, 1.807) is 0 Å². The summed E-state index contributed by atoms with van der Waals surface area (Å²) in [5.74, 6) is 0.885. The molecule has 100 valence electrons. The molecular formula is C17H27N. The molecule has 1 aliphatic rings. The van der Waals surface area contributed by atoms with Gasteiger partial charge in [-0.3, -0.25) is 4.90 Å². The van der Waals surface area contributed by atoms with Crippen molar-refractivity contribution in [1.82, 2.24) is 4.90 Å². The first kappa shape index (κ1) is 13.6. The summed E-state index contributed by atoms with van der Waals surface area (Å²) in [7, 11) is 0. The van der Waals surface area contributed by atoms with E-state index in [1.807, 2.05) is 0 Å². The van der Waals surface area contributed by atoms with Gasteiger partial charge in [0, 0.05) is 13.1 Å². The first-order valence-electron chi connectivity index (χ1n) is 7.44. The predicted octanol–water partition coefficient (Wildman–Crippen LogP) is 4.33. The second kappa shape index (κ2) is 5.88. The maximum atomic E-state index is 2.63. The minimum atomic E-state index is 0.547. The highest BCUT2D eigenvalue weighted by Gasteiger charge is 2.35. The molecule has 1 aromatic carbocycles. The molecule has 1 aromatic rings. The van der Waals surface area contributed by atoms with Gasteiger partial charge in [0.05, 0.1) is 0 Å². The maximum absolute atomic E-state index is 2.63. The molecule has 1 heterocycles. The SMILES string of the molecule is CCC(C)(CC)C1CCN(Cc2ccccc2)C1. The van der Waals surface area contributed by atoms with E-state index in [-0.39, 0.29) is 0 Å². The number of benzene rings is 1. The van der Waals surface area contributed by atoms with E-state index in [9.17, 15) is 0 Å². The number of nitrogens with zero attached hydrogens (tertiary/aromatic N) is 1. The number of hydrogen-bond donors (Lipinski definition) is 0. The molecule has 0 N–H and O–H groups in total. The summed E-state index contributed by atoms with van der Waals surface area (Å²) in [6.45, 7) is 10.9. The fraction of sp³-hybridized carbons (Fsp3) is 0.647. The van der Waals surface area contributed by atoms with Crippen LogP contribution in [0.5, 0.6) is 0 Å². The molecule has 0 bridgehead atoms. The first-order chi connectivity index (χ1) is 8.68. The molecule has 1 heteroatoms. The Morgan fingerprint density at radius 2 is 1.83 bits per heavy atom. The Balaban J connectivity index is 1.93. The summed E-state index contributed by atoms with van der Waals surface area (Å²) >= 11 is 0. The normalized spacial score (nSPS) is 21.4. The molecular weight excluding hydrogens is 218 g/mol. The van der Waals surface area contributed by atoms with Crippen LogP contribution >= 0.6 is 0 Å². The van der Waals surface area contributed by atoms with Crippen LogP contribution in [0.1, 0.15) is 45.6 Å². The Morgan fingerprint density at radius 3 is 2.44 bits per heavy atom. The number of hydrogen-bond acceptors (Lipinski definition) is 1. The van der Waals surface area contributed by atoms with Crippen molar-refractivity contribution in [3.05, 3.63) is 35.9 Å². The fourth-order valence-electron chi connectivity index (χ4n) is 3.21. The lowest BCUT2D eigenvalue weighted by Gasteiger charge is -2.34. The third-order valence-electron chi connectivity index (χ3n) is 5.12. The highest BCUT2D eigenvalue weighted by atomic mass is 15.1. The standard InChI is InChI=1S/C17H27N/c1-4-17(3,5-2)16-11-12-18(14-16)13-15-9-7-6-8-10-15/h6-10,16H,4-5,11-14H2,1-3H3. The van der Waals surface area contributed by atoms with E-state index >= 15 is 0 Å². The molecule has 1 fully saturated rings. The molecule has 2 rings (SSSR count). The largest absolute Gasteiger partial charge is 0.299 e. The van der Waals surface area contributed by atoms with Crippen molar-refractivity contribution in [3.63, 3.8) is 0 Å². The van der Waals surface area contributed by atoms with E-state index in [1.165, 1.54) is 37.9 Å². The molecule has 0 saturated carbocycles. The molecule has 1 atom stereocenters. The van der Waals surface area contributed by atoms with Gasteiger partial charge in [-0.2, -0.15) is 0 Å². The van der Waals surface area contributed by atoms with Gasteiger partial charge in [-0.15, -0.1) is 0 Å². The third-order valence-corrected chi connectivity index (χ3v) is 5.12. The summed E-state index contributed by atoms with van der Waals surface area (Å²) in [5, 5.41) is 0. The molecule has 0 aliphatic carbocycles. The zero-order valence-corrected chi connectivity index (χ0v) is 12.2. The molecule has 0 amide bonds. The topological polar surface area (TPSA) is 3.24 Å². The van der Waals surface area contributed by atoms with Crippen molar-refractivity contribution in [1.29, 1.82) is 0 Å². The van der Waals surface area contributed by atoms with Crippen molar-refractivity contribution in [2.24, 2.45) is 11.3 Å². The molecule has 0 aromatic heterocycles. The second-order valence-corrected chi connectivity index (χ2v) is 6.07. The van der Waals surface area contributed by atoms with Crippen LogP contribution in [0.15, 0.2) is 30.3 Å². The van der Waals surface area contributed by atoms with E-state index in [0.717, 1.165) is 12.5 Å². The summed E-state index contributed by atoms with van der Waals surface area (Å²) < 4.78 is 0. The molecule has 0 spiro atoms. The lowest BCUT2D eigenvalue weighted by molar-refractivity contribution is 0.166. The lowest BCUT2D eigenvalue weighted by Crippen LogP contribution is -2.29. The van der Waals surface area contributed by atoms with Gasteiger partial charge in [-0.25, -0.2) is 0 Å². The lowest BCUT2D eigenvalue weighted by atomic mass is 9.72. The highest BCUT2D eigenvalue weighted by Crippen LogP contribution is 2.40. The van der Waals surface area contributed by atoms with Crippen LogP contribution in [0.3, 0.4) is 0 Å². The van der Waals surface area contributed by atoms with Crippen molar-refractivity contribution in [2.75, 3.05) is 13.1 Å². The van der Waals surface area contributed by atoms with E-state index in [2.05, 4.69) is 56.0 Å². The number of likely N-dealkylation sites (tertiary alicyclic amines) is 1. The number of rotatable bonds is 5. The molecule has 0 radical (unpaired) electrons. The van der Waals surface area contributed by atoms with E-state index in [4.69, 9.17) is 0 Å². The molecule has 1 saturated heterocycles. The molecule has 18 heavy (non-hydrogen) atoms. The van der Waals surface area contributed by atoms with Crippen LogP contribution in [-0.2, 0) is 6.54 Å². The summed E-state index contributed by atoms with van der Waals surface area (Å²) in [5.41, 5.74) is 2.00. The van der Waals surface area contributed by atoms with Crippen molar-refractivity contribution in [2.45, 2.75) is 46.6 Å². The highest BCUT2D eigenvalue weighted by molar-refractivity contribution is 5.14. The first-order valence-corrected chi connectivity index (χ1v) is 7.44. The zero-order chi connectivity index (χ0) is 13.0. The van der Waals surface area contributed by atoms with Gasteiger partial charge in [0.25, 0.3) is 0 Å². The van der Waals surface area contributed by atoms with Crippen LogP contribution in [0.4, 0.5) is 0 Å². The minimum Gasteiger partial charge on any atom is -0.299 e. The van der Waals surface area contributed by atoms with Crippen LogP contribution in [0.25, 0.3) is 0 Å². The Hall–Kier alpha value is -0.820. The summed E-state index contributed by atoms with van der Waals surface area (Å²) in [6.07, 6.45) is 4.01. The van der Waals surface area contributed by atoms with Gasteiger partial charge in [-0.05, 0) is 29.9 Å². The zero-order valence-electron chi connectivity index (χ0n) is 12.2. The average Bonchev–Trinajstić information content (AvgIpc) is 2.88. The van der Waals surface area contributed by atoms with Crippen molar-refractivity contribution in [3.8, 4) is 0 Å². The van der Waals surface area contributed by atoms with Gasteiger partial charge < -0.3 is 0 Å². The monoisotopic (exact) mass is 245 g/mol. The fourth-order valence-corrected chi connectivity index (χ4v) is 3.21.